The van der Waals surface area contributed by atoms with Crippen LogP contribution >= 0.6 is 63.7 Å². The van der Waals surface area contributed by atoms with Gasteiger partial charge in [-0.1, -0.05) is 68.3 Å². The van der Waals surface area contributed by atoms with E-state index in [1.165, 1.54) is 30.3 Å². The molecule has 0 aromatic heterocycles. The summed E-state index contributed by atoms with van der Waals surface area (Å²) in [5.74, 6) is -3.64. The summed E-state index contributed by atoms with van der Waals surface area (Å²) in [6.07, 6.45) is -4.48. The number of sulfonamides is 1. The van der Waals surface area contributed by atoms with E-state index in [0.29, 0.717) is 26.8 Å². The molecule has 1 aliphatic heterocycles. The molecule has 70 heavy (non-hydrogen) atoms. The fraction of sp³-hybridized carbons (Fsp3) is 0.306. The highest BCUT2D eigenvalue weighted by Crippen LogP contribution is 2.53. The highest BCUT2D eigenvalue weighted by Gasteiger charge is 2.50. The number of ether oxygens (including phenoxy) is 2. The Balaban J connectivity index is 1.26. The standard InChI is InChI=1S/C49H45Br4N3O13S/c1-19-26(12-29(50)21(3)41(19)52)37(27-13-30(51)46(62)42(53)20(27)2)24-9-5-6-11-33(24)70(66,67)56-55-34(18-58)49(65)15-28-38(32(16-49)69-35-14-31(54)43(59)22(4)68-35)48(64)40-39(45(28)61)44(60)25-10-7-8-23(17-57)36(25)47(40)63/h5-13,22,31-32,35,43,56-59,61,64-65H,14-18,54H2,1-4H3/b37-27+,55-34-/t22?,31?,32-,35-,43+,49-/m0/s1. The Kier molecular flexibility index (Phi) is 14.6. The number of rotatable bonds is 10. The number of aromatic hydroxyl groups is 2. The van der Waals surface area contributed by atoms with Crippen LogP contribution in [0.4, 0.5) is 0 Å². The van der Waals surface area contributed by atoms with Crippen molar-refractivity contribution in [2.75, 3.05) is 6.61 Å². The molecule has 1 saturated heterocycles. The average molecular weight is 1240 g/mol. The summed E-state index contributed by atoms with van der Waals surface area (Å²) in [5.41, 5.74) is 5.17. The quantitative estimate of drug-likeness (QED) is 0.0410. The van der Waals surface area contributed by atoms with Gasteiger partial charge >= 0.3 is 0 Å². The van der Waals surface area contributed by atoms with E-state index in [2.05, 4.69) is 73.7 Å². The number of allylic oxidation sites excluding steroid dienone is 5. The normalized spacial score (nSPS) is 24.5. The van der Waals surface area contributed by atoms with Gasteiger partial charge < -0.3 is 45.8 Å². The van der Waals surface area contributed by atoms with Gasteiger partial charge in [0.1, 0.15) is 17.1 Å². The summed E-state index contributed by atoms with van der Waals surface area (Å²) in [6.45, 7) is 5.34. The second-order valence-electron chi connectivity index (χ2n) is 17.5. The van der Waals surface area contributed by atoms with Crippen LogP contribution in [0.5, 0.6) is 11.5 Å². The lowest BCUT2D eigenvalue weighted by Gasteiger charge is -2.43. The Labute approximate surface area is 435 Å². The Morgan fingerprint density at radius 1 is 0.929 bits per heavy atom. The van der Waals surface area contributed by atoms with Crippen molar-refractivity contribution in [3.63, 3.8) is 0 Å². The number of hydrazone groups is 1. The van der Waals surface area contributed by atoms with E-state index in [4.69, 9.17) is 15.2 Å². The van der Waals surface area contributed by atoms with E-state index in [0.717, 1.165) is 15.6 Å². The summed E-state index contributed by atoms with van der Waals surface area (Å²) < 4.78 is 43.7. The molecule has 2 unspecified atom stereocenters. The molecule has 1 fully saturated rings. The molecule has 0 amide bonds. The summed E-state index contributed by atoms with van der Waals surface area (Å²) in [4.78, 5) is 43.3. The minimum absolute atomic E-state index is 0.0955. The molecule has 4 aromatic carbocycles. The van der Waals surface area contributed by atoms with Gasteiger partial charge in [0.25, 0.3) is 10.0 Å². The van der Waals surface area contributed by atoms with Crippen molar-refractivity contribution in [2.45, 2.75) is 94.7 Å². The minimum Gasteiger partial charge on any atom is -0.507 e. The zero-order valence-corrected chi connectivity index (χ0v) is 44.8. The molecule has 0 saturated carbocycles. The Bertz CT molecular complexity index is 3190. The third kappa shape index (κ3) is 8.82. The van der Waals surface area contributed by atoms with Crippen molar-refractivity contribution in [1.82, 2.24) is 4.83 Å². The van der Waals surface area contributed by atoms with E-state index >= 15 is 0 Å². The molecule has 0 spiro atoms. The monoisotopic (exact) mass is 1230 g/mol. The molecule has 9 N–H and O–H groups in total. The topological polar surface area (TPSA) is 276 Å². The second-order valence-corrected chi connectivity index (χ2v) is 22.4. The molecule has 21 heteroatoms. The van der Waals surface area contributed by atoms with Crippen molar-refractivity contribution >= 4 is 102 Å². The number of nitrogens with two attached hydrogens (primary N) is 1. The number of carbonyl (C=O) groups is 3. The highest BCUT2D eigenvalue weighted by molar-refractivity contribution is 9.13. The summed E-state index contributed by atoms with van der Waals surface area (Å²) in [7, 11) is -4.76. The van der Waals surface area contributed by atoms with Gasteiger partial charge in [-0.2, -0.15) is 18.4 Å². The van der Waals surface area contributed by atoms with Crippen molar-refractivity contribution in [1.29, 1.82) is 0 Å². The van der Waals surface area contributed by atoms with Gasteiger partial charge in [0.05, 0.1) is 62.2 Å². The Morgan fingerprint density at radius 2 is 1.61 bits per heavy atom. The maximum atomic E-state index is 14.7. The number of phenolic OH excluding ortho intramolecular Hbond substituents is 2. The molecule has 4 aromatic rings. The average Bonchev–Trinajstić information content (AvgIpc) is 3.32. The number of nitrogens with zero attached hydrogens (tertiary/aromatic N) is 1. The van der Waals surface area contributed by atoms with Crippen LogP contribution in [-0.4, -0.2) is 98.9 Å². The summed E-state index contributed by atoms with van der Waals surface area (Å²) >= 11 is 14.1. The number of nitrogens with one attached hydrogen (secondary N) is 1. The summed E-state index contributed by atoms with van der Waals surface area (Å²) in [5, 5.41) is 72.5. The van der Waals surface area contributed by atoms with Crippen LogP contribution < -0.4 is 10.6 Å². The van der Waals surface area contributed by atoms with Crippen LogP contribution in [-0.2, 0) is 37.3 Å². The van der Waals surface area contributed by atoms with Gasteiger partial charge in [0.15, 0.2) is 17.9 Å². The van der Waals surface area contributed by atoms with Gasteiger partial charge in [0, 0.05) is 62.1 Å². The van der Waals surface area contributed by atoms with E-state index in [1.54, 1.807) is 32.1 Å². The van der Waals surface area contributed by atoms with Gasteiger partial charge in [-0.25, -0.2) is 0 Å². The number of phenols is 2. The van der Waals surface area contributed by atoms with Gasteiger partial charge in [-0.05, 0) is 117 Å². The third-order valence-electron chi connectivity index (χ3n) is 13.3. The van der Waals surface area contributed by atoms with E-state index in [1.807, 2.05) is 19.9 Å². The highest BCUT2D eigenvalue weighted by atomic mass is 79.9. The number of aliphatic hydroxyl groups is 4. The number of halogens is 4. The number of aliphatic hydroxyl groups excluding tert-OH is 3. The molecular weight excluding hydrogens is 1190 g/mol. The van der Waals surface area contributed by atoms with Gasteiger partial charge in [0.2, 0.25) is 5.78 Å². The van der Waals surface area contributed by atoms with Gasteiger partial charge in [-0.3, -0.25) is 14.4 Å². The zero-order valence-electron chi connectivity index (χ0n) is 37.6. The minimum atomic E-state index is -4.76. The van der Waals surface area contributed by atoms with Crippen LogP contribution in [0, 0.1) is 13.8 Å². The first-order valence-electron chi connectivity index (χ1n) is 21.6. The number of benzene rings is 4. The van der Waals surface area contributed by atoms with Crippen LogP contribution in [0.15, 0.2) is 93.7 Å². The number of Topliss-reactive ketones (excluding diaryl/α,β-unsaturated/α-hetero) is 1. The van der Waals surface area contributed by atoms with Crippen molar-refractivity contribution in [3.05, 3.63) is 145 Å². The number of carbonyl (C=O) groups excluding carboxylic acids is 3. The SMILES string of the molecule is CC1=C(Br)C(=O)C(Br)=C/C1=C(/c1ccccc1S(=O)(=O)N/N=C(/CO)[C@]1(O)Cc2c(O)c3c(c(O)c2[C@@H](O[C@H]2CC(N)[C@H](O)C(C)O2)C1)C(=O)c1c(CO)cccc1C3=O)c1cc(Br)c(C)c(Br)c1C. The van der Waals surface area contributed by atoms with Crippen molar-refractivity contribution in [2.24, 2.45) is 10.8 Å². The predicted molar refractivity (Wildman–Crippen MR) is 271 cm³/mol. The molecule has 1 heterocycles. The predicted octanol–water partition coefficient (Wildman–Crippen LogP) is 6.72. The molecular formula is C49H45Br4N3O13S. The molecule has 0 radical (unpaired) electrons. The number of hydrogen-bond acceptors (Lipinski definition) is 15. The lowest BCUT2D eigenvalue weighted by Crippen LogP contribution is -2.53. The molecule has 3 aliphatic carbocycles. The van der Waals surface area contributed by atoms with Crippen LogP contribution in [0.3, 0.4) is 0 Å². The first-order valence-corrected chi connectivity index (χ1v) is 26.3. The van der Waals surface area contributed by atoms with Crippen molar-refractivity contribution < 1.29 is 62.9 Å². The second kappa shape index (κ2) is 19.7. The lowest BCUT2D eigenvalue weighted by atomic mass is 9.71. The zero-order chi connectivity index (χ0) is 51.0. The van der Waals surface area contributed by atoms with Crippen LogP contribution in [0.1, 0.15) is 104 Å². The fourth-order valence-electron chi connectivity index (χ4n) is 9.53. The first kappa shape index (κ1) is 52.1. The fourth-order valence-corrected chi connectivity index (χ4v) is 12.8. The van der Waals surface area contributed by atoms with Crippen molar-refractivity contribution in [3.8, 4) is 11.5 Å². The van der Waals surface area contributed by atoms with Gasteiger partial charge in [-0.15, -0.1) is 0 Å². The molecule has 368 valence electrons. The maximum absolute atomic E-state index is 14.7. The smallest absolute Gasteiger partial charge is 0.277 e. The molecule has 4 aliphatic rings. The van der Waals surface area contributed by atoms with E-state index in [-0.39, 0.29) is 59.4 Å². The number of hydrogen-bond donors (Lipinski definition) is 8. The maximum Gasteiger partial charge on any atom is 0.277 e. The van der Waals surface area contributed by atoms with Crippen LogP contribution in [0.2, 0.25) is 0 Å². The number of fused-ring (bicyclic) bond motifs is 3. The number of ketones is 3. The van der Waals surface area contributed by atoms with E-state index in [9.17, 15) is 53.4 Å². The van der Waals surface area contributed by atoms with E-state index < -0.39 is 112 Å². The Morgan fingerprint density at radius 3 is 2.29 bits per heavy atom. The summed E-state index contributed by atoms with van der Waals surface area (Å²) in [6, 6.07) is 11.3. The molecule has 16 nitrogen and oxygen atoms in total. The first-order chi connectivity index (χ1) is 33.0. The molecule has 8 rings (SSSR count). The molecule has 0 bridgehead atoms. The third-order valence-corrected chi connectivity index (χ3v) is 18.1. The van der Waals surface area contributed by atoms with Crippen LogP contribution in [0.25, 0.3) is 5.57 Å². The Hall–Kier alpha value is -4.23. The lowest BCUT2D eigenvalue weighted by molar-refractivity contribution is -0.245. The molecule has 6 atom stereocenters. The largest absolute Gasteiger partial charge is 0.507 e.